The van der Waals surface area contributed by atoms with Crippen molar-refractivity contribution >= 4 is 26.8 Å². The minimum Gasteiger partial charge on any atom is -0.496 e. The zero-order valence-corrected chi connectivity index (χ0v) is 17.9. The van der Waals surface area contributed by atoms with E-state index in [1.807, 2.05) is 12.3 Å². The highest BCUT2D eigenvalue weighted by molar-refractivity contribution is 7.93. The summed E-state index contributed by atoms with van der Waals surface area (Å²) < 4.78 is 57.6. The van der Waals surface area contributed by atoms with E-state index < -0.39 is 10.0 Å². The van der Waals surface area contributed by atoms with Gasteiger partial charge in [-0.15, -0.1) is 0 Å². The van der Waals surface area contributed by atoms with Crippen LogP contribution in [0.5, 0.6) is 23.0 Å². The highest BCUT2D eigenvalue weighted by atomic mass is 32.2. The summed E-state index contributed by atoms with van der Waals surface area (Å²) in [5.41, 5.74) is 1.20. The van der Waals surface area contributed by atoms with Crippen LogP contribution in [0.25, 0.3) is 11.0 Å². The number of aromatic nitrogens is 3. The molecule has 1 aliphatic rings. The number of rotatable bonds is 7. The lowest BCUT2D eigenvalue weighted by Gasteiger charge is -2.13. The monoisotopic (exact) mass is 458 g/mol. The minimum atomic E-state index is -4.19. The normalized spacial score (nSPS) is 12.8. The third-order valence-corrected chi connectivity index (χ3v) is 6.28. The molecule has 0 unspecified atom stereocenters. The Labute approximate surface area is 182 Å². The molecule has 4 aromatic rings. The van der Waals surface area contributed by atoms with Gasteiger partial charge < -0.3 is 23.5 Å². The summed E-state index contributed by atoms with van der Waals surface area (Å²) in [5, 5.41) is 8.48. The van der Waals surface area contributed by atoms with Crippen molar-refractivity contribution in [3.8, 4) is 23.0 Å². The van der Waals surface area contributed by atoms with Crippen LogP contribution in [-0.2, 0) is 16.6 Å². The number of methoxy groups -OCH3 is 2. The molecule has 0 radical (unpaired) electrons. The first-order valence-electron chi connectivity index (χ1n) is 9.43. The average molecular weight is 458 g/mol. The van der Waals surface area contributed by atoms with Crippen molar-refractivity contribution in [2.24, 2.45) is 0 Å². The fourth-order valence-corrected chi connectivity index (χ4v) is 4.83. The summed E-state index contributed by atoms with van der Waals surface area (Å²) >= 11 is 0. The molecule has 11 nitrogen and oxygen atoms in total. The van der Waals surface area contributed by atoms with Crippen LogP contribution in [-0.4, -0.2) is 44.4 Å². The molecule has 0 saturated heterocycles. The summed E-state index contributed by atoms with van der Waals surface area (Å²) in [5.74, 6) is 0.840. The van der Waals surface area contributed by atoms with Gasteiger partial charge >= 0.3 is 0 Å². The van der Waals surface area contributed by atoms with Crippen LogP contribution in [0, 0.1) is 0 Å². The van der Waals surface area contributed by atoms with Crippen LogP contribution >= 0.6 is 0 Å². The second-order valence-electron chi connectivity index (χ2n) is 6.84. The molecular weight excluding hydrogens is 440 g/mol. The SMILES string of the molecule is COc1ccc2c(c1S(=O)(=O)Nc1noc3cc(Cn4cccn4)cc(OC)c13)OCO2. The van der Waals surface area contributed by atoms with E-state index in [1.54, 1.807) is 29.1 Å². The smallest absolute Gasteiger partial charge is 0.270 e. The number of fused-ring (bicyclic) bond motifs is 2. The average Bonchev–Trinajstić information content (AvgIpc) is 3.53. The Hall–Kier alpha value is -3.93. The molecule has 2 aromatic carbocycles. The number of hydrogen-bond acceptors (Lipinski definition) is 9. The zero-order chi connectivity index (χ0) is 22.3. The Morgan fingerprint density at radius 3 is 2.75 bits per heavy atom. The maximum absolute atomic E-state index is 13.3. The van der Waals surface area contributed by atoms with Crippen molar-refractivity contribution in [1.82, 2.24) is 14.9 Å². The molecule has 1 aliphatic heterocycles. The van der Waals surface area contributed by atoms with Gasteiger partial charge in [0.1, 0.15) is 16.9 Å². The number of ether oxygens (including phenoxy) is 4. The molecular formula is C20H18N4O7S. The topological polar surface area (TPSA) is 127 Å². The summed E-state index contributed by atoms with van der Waals surface area (Å²) in [7, 11) is -1.34. The molecule has 5 rings (SSSR count). The van der Waals surface area contributed by atoms with Crippen molar-refractivity contribution in [3.05, 3.63) is 48.3 Å². The van der Waals surface area contributed by atoms with Crippen LogP contribution < -0.4 is 23.7 Å². The van der Waals surface area contributed by atoms with E-state index in [4.69, 9.17) is 23.5 Å². The largest absolute Gasteiger partial charge is 0.496 e. The van der Waals surface area contributed by atoms with E-state index in [0.29, 0.717) is 29.0 Å². The zero-order valence-electron chi connectivity index (χ0n) is 17.1. The van der Waals surface area contributed by atoms with Gasteiger partial charge in [-0.05, 0) is 35.9 Å². The first-order chi connectivity index (χ1) is 15.5. The lowest BCUT2D eigenvalue weighted by atomic mass is 10.1. The van der Waals surface area contributed by atoms with Crippen molar-refractivity contribution < 1.29 is 31.9 Å². The second kappa shape index (κ2) is 7.64. The maximum Gasteiger partial charge on any atom is 0.270 e. The highest BCUT2D eigenvalue weighted by Crippen LogP contribution is 2.44. The Morgan fingerprint density at radius 2 is 2.00 bits per heavy atom. The maximum atomic E-state index is 13.3. The van der Waals surface area contributed by atoms with E-state index in [0.717, 1.165) is 5.56 Å². The van der Waals surface area contributed by atoms with Gasteiger partial charge in [-0.3, -0.25) is 9.40 Å². The van der Waals surface area contributed by atoms with Crippen LogP contribution in [0.2, 0.25) is 0 Å². The molecule has 0 aliphatic carbocycles. The minimum absolute atomic E-state index is 0.0268. The van der Waals surface area contributed by atoms with Crippen molar-refractivity contribution in [1.29, 1.82) is 0 Å². The van der Waals surface area contributed by atoms with Gasteiger partial charge in [0.2, 0.25) is 6.79 Å². The molecule has 1 N–H and O–H groups in total. The number of nitrogens with zero attached hydrogens (tertiary/aromatic N) is 3. The molecule has 166 valence electrons. The molecule has 0 fully saturated rings. The Balaban J connectivity index is 1.56. The molecule has 0 spiro atoms. The number of sulfonamides is 1. The molecule has 32 heavy (non-hydrogen) atoms. The fraction of sp³-hybridized carbons (Fsp3) is 0.200. The van der Waals surface area contributed by atoms with Crippen LogP contribution in [0.1, 0.15) is 5.56 Å². The summed E-state index contributed by atoms with van der Waals surface area (Å²) in [6, 6.07) is 8.42. The molecule has 2 aromatic heterocycles. The van der Waals surface area contributed by atoms with Crippen LogP contribution in [0.4, 0.5) is 5.82 Å². The number of anilines is 1. The molecule has 0 bridgehead atoms. The number of nitrogens with one attached hydrogen (secondary N) is 1. The Morgan fingerprint density at radius 1 is 1.16 bits per heavy atom. The molecule has 0 atom stereocenters. The molecule has 3 heterocycles. The molecule has 12 heteroatoms. The standard InChI is InChI=1S/C20H18N4O7S/c1-27-14-5-4-13-18(30-11-29-13)19(14)32(25,26)23-20-17-15(28-2)8-12(9-16(17)31-22-20)10-24-7-3-6-21-24/h3-9H,10-11H2,1-2H3,(H,22,23). The molecule has 0 saturated carbocycles. The lowest BCUT2D eigenvalue weighted by molar-refractivity contribution is 0.171. The van der Waals surface area contributed by atoms with Crippen LogP contribution in [0.15, 0.2) is 52.1 Å². The van der Waals surface area contributed by atoms with Crippen molar-refractivity contribution in [3.63, 3.8) is 0 Å². The van der Waals surface area contributed by atoms with E-state index in [1.165, 1.54) is 20.3 Å². The first kappa shape index (κ1) is 20.0. The van der Waals surface area contributed by atoms with Gasteiger partial charge in [0.05, 0.1) is 20.8 Å². The predicted molar refractivity (Wildman–Crippen MR) is 112 cm³/mol. The van der Waals surface area contributed by atoms with Gasteiger partial charge in [-0.25, -0.2) is 8.42 Å². The van der Waals surface area contributed by atoms with Gasteiger partial charge in [-0.1, -0.05) is 5.16 Å². The van der Waals surface area contributed by atoms with E-state index in [9.17, 15) is 8.42 Å². The van der Waals surface area contributed by atoms with E-state index in [-0.39, 0.29) is 29.0 Å². The van der Waals surface area contributed by atoms with Gasteiger partial charge in [-0.2, -0.15) is 5.10 Å². The first-order valence-corrected chi connectivity index (χ1v) is 10.9. The Bertz CT molecular complexity index is 1400. The highest BCUT2D eigenvalue weighted by Gasteiger charge is 2.32. The summed E-state index contributed by atoms with van der Waals surface area (Å²) in [4.78, 5) is -0.194. The summed E-state index contributed by atoms with van der Waals surface area (Å²) in [6.07, 6.45) is 3.51. The van der Waals surface area contributed by atoms with Gasteiger partial charge in [0, 0.05) is 12.4 Å². The van der Waals surface area contributed by atoms with Crippen LogP contribution in [0.3, 0.4) is 0 Å². The predicted octanol–water partition coefficient (Wildman–Crippen LogP) is 2.62. The van der Waals surface area contributed by atoms with E-state index >= 15 is 0 Å². The van der Waals surface area contributed by atoms with Gasteiger partial charge in [0.25, 0.3) is 10.0 Å². The third kappa shape index (κ3) is 3.34. The van der Waals surface area contributed by atoms with Crippen molar-refractivity contribution in [2.45, 2.75) is 11.4 Å². The fourth-order valence-electron chi connectivity index (χ4n) is 3.52. The molecule has 0 amide bonds. The number of benzene rings is 2. The van der Waals surface area contributed by atoms with E-state index in [2.05, 4.69) is 15.0 Å². The van der Waals surface area contributed by atoms with Gasteiger partial charge in [0.15, 0.2) is 27.8 Å². The third-order valence-electron chi connectivity index (χ3n) is 4.90. The Kier molecular flexibility index (Phi) is 4.78. The quantitative estimate of drug-likeness (QED) is 0.444. The lowest BCUT2D eigenvalue weighted by Crippen LogP contribution is -2.15. The number of hydrogen-bond donors (Lipinski definition) is 1. The summed E-state index contributed by atoms with van der Waals surface area (Å²) in [6.45, 7) is 0.385. The second-order valence-corrected chi connectivity index (χ2v) is 8.46. The van der Waals surface area contributed by atoms with Crippen molar-refractivity contribution in [2.75, 3.05) is 25.7 Å².